The van der Waals surface area contributed by atoms with Crippen LogP contribution in [0.25, 0.3) is 0 Å². The SMILES string of the molecule is CCCO[Si](OCCC)(OC1CCCC1)OC1CCCC1. The summed E-state index contributed by atoms with van der Waals surface area (Å²) in [4.78, 5) is 0. The topological polar surface area (TPSA) is 36.9 Å². The Bertz CT molecular complexity index is 247. The fourth-order valence-corrected chi connectivity index (χ4v) is 5.69. The van der Waals surface area contributed by atoms with Crippen LogP contribution in [0.2, 0.25) is 0 Å². The van der Waals surface area contributed by atoms with Crippen molar-refractivity contribution in [2.24, 2.45) is 0 Å². The van der Waals surface area contributed by atoms with Gasteiger partial charge in [0.2, 0.25) is 0 Å². The first-order valence-electron chi connectivity index (χ1n) is 8.91. The normalized spacial score (nSPS) is 21.4. The van der Waals surface area contributed by atoms with Gasteiger partial charge in [-0.1, -0.05) is 39.5 Å². The van der Waals surface area contributed by atoms with E-state index in [0.717, 1.165) is 38.5 Å². The van der Waals surface area contributed by atoms with Gasteiger partial charge in [-0.15, -0.1) is 0 Å². The maximum atomic E-state index is 6.34. The minimum Gasteiger partial charge on any atom is -0.351 e. The molecule has 4 nitrogen and oxygen atoms in total. The van der Waals surface area contributed by atoms with E-state index in [4.69, 9.17) is 17.7 Å². The average Bonchev–Trinajstić information content (AvgIpc) is 3.16. The second kappa shape index (κ2) is 9.25. The zero-order valence-corrected chi connectivity index (χ0v) is 14.8. The third-order valence-electron chi connectivity index (χ3n) is 4.19. The molecule has 0 N–H and O–H groups in total. The Labute approximate surface area is 131 Å². The summed E-state index contributed by atoms with van der Waals surface area (Å²) in [6, 6.07) is 0. The highest BCUT2D eigenvalue weighted by atomic mass is 28.4. The van der Waals surface area contributed by atoms with E-state index in [1.807, 2.05) is 0 Å². The van der Waals surface area contributed by atoms with Crippen LogP contribution in [-0.2, 0) is 17.7 Å². The first-order chi connectivity index (χ1) is 10.3. The van der Waals surface area contributed by atoms with Crippen molar-refractivity contribution in [3.63, 3.8) is 0 Å². The maximum absolute atomic E-state index is 6.34. The van der Waals surface area contributed by atoms with Crippen LogP contribution in [0.15, 0.2) is 0 Å². The summed E-state index contributed by atoms with van der Waals surface area (Å²) < 4.78 is 24.8. The van der Waals surface area contributed by atoms with E-state index in [1.165, 1.54) is 25.7 Å². The molecule has 0 saturated heterocycles. The fourth-order valence-electron chi connectivity index (χ4n) is 3.08. The Hall–Kier alpha value is 0.0569. The van der Waals surface area contributed by atoms with E-state index in [9.17, 15) is 0 Å². The zero-order chi connectivity index (χ0) is 15.0. The molecule has 0 aromatic carbocycles. The summed E-state index contributed by atoms with van der Waals surface area (Å²) in [6.07, 6.45) is 11.9. The van der Waals surface area contributed by atoms with Crippen molar-refractivity contribution < 1.29 is 17.7 Å². The molecule has 2 rings (SSSR count). The van der Waals surface area contributed by atoms with Crippen molar-refractivity contribution >= 4 is 9.05 Å². The van der Waals surface area contributed by atoms with Gasteiger partial charge < -0.3 is 17.7 Å². The molecule has 2 aliphatic rings. The third-order valence-corrected chi connectivity index (χ3v) is 6.55. The molecule has 0 bridgehead atoms. The van der Waals surface area contributed by atoms with Crippen LogP contribution in [0.5, 0.6) is 0 Å². The van der Waals surface area contributed by atoms with Crippen molar-refractivity contribution in [3.05, 3.63) is 0 Å². The quantitative estimate of drug-likeness (QED) is 0.566. The average molecular weight is 317 g/mol. The Balaban J connectivity index is 2.00. The Kier molecular flexibility index (Phi) is 7.67. The highest BCUT2D eigenvalue weighted by Crippen LogP contribution is 2.30. The van der Waals surface area contributed by atoms with Crippen molar-refractivity contribution in [1.82, 2.24) is 0 Å². The molecule has 0 unspecified atom stereocenters. The van der Waals surface area contributed by atoms with Gasteiger partial charge in [0.15, 0.2) is 0 Å². The lowest BCUT2D eigenvalue weighted by atomic mass is 10.3. The maximum Gasteiger partial charge on any atom is 0.680 e. The van der Waals surface area contributed by atoms with E-state index in [2.05, 4.69) is 13.8 Å². The zero-order valence-electron chi connectivity index (χ0n) is 13.8. The molecule has 0 amide bonds. The molecule has 5 heteroatoms. The van der Waals surface area contributed by atoms with Crippen LogP contribution in [-0.4, -0.2) is 34.5 Å². The van der Waals surface area contributed by atoms with Crippen molar-refractivity contribution in [2.45, 2.75) is 90.3 Å². The monoisotopic (exact) mass is 316 g/mol. The van der Waals surface area contributed by atoms with E-state index in [-0.39, 0.29) is 12.2 Å². The summed E-state index contributed by atoms with van der Waals surface area (Å²) in [5, 5.41) is 0. The molecular weight excluding hydrogens is 284 g/mol. The standard InChI is InChI=1S/C16H32O4Si/c1-3-13-17-21(18-14-4-2,19-15-9-5-6-10-15)20-16-11-7-8-12-16/h15-16H,3-14H2,1-2H3. The molecule has 0 aromatic rings. The van der Waals surface area contributed by atoms with Crippen LogP contribution in [0.4, 0.5) is 0 Å². The van der Waals surface area contributed by atoms with E-state index in [0.29, 0.717) is 13.2 Å². The molecule has 0 heterocycles. The molecule has 2 aliphatic carbocycles. The number of rotatable bonds is 10. The third kappa shape index (κ3) is 5.64. The first kappa shape index (κ1) is 17.4. The van der Waals surface area contributed by atoms with E-state index >= 15 is 0 Å². The van der Waals surface area contributed by atoms with Gasteiger partial charge in [0, 0.05) is 13.2 Å². The predicted octanol–water partition coefficient (Wildman–Crippen LogP) is 4.19. The fraction of sp³-hybridized carbons (Fsp3) is 1.00. The molecule has 124 valence electrons. The van der Waals surface area contributed by atoms with Gasteiger partial charge >= 0.3 is 9.05 Å². The molecule has 0 atom stereocenters. The summed E-state index contributed by atoms with van der Waals surface area (Å²) in [5.74, 6) is 0. The van der Waals surface area contributed by atoms with Crippen LogP contribution < -0.4 is 0 Å². The molecule has 21 heavy (non-hydrogen) atoms. The van der Waals surface area contributed by atoms with Gasteiger partial charge in [0.25, 0.3) is 0 Å². The molecule has 0 aromatic heterocycles. The lowest BCUT2D eigenvalue weighted by Gasteiger charge is -2.32. The molecular formula is C16H32O4Si. The van der Waals surface area contributed by atoms with E-state index in [1.54, 1.807) is 0 Å². The largest absolute Gasteiger partial charge is 0.680 e. The van der Waals surface area contributed by atoms with Crippen molar-refractivity contribution in [3.8, 4) is 0 Å². The lowest BCUT2D eigenvalue weighted by molar-refractivity contribution is -0.0722. The molecule has 0 spiro atoms. The lowest BCUT2D eigenvalue weighted by Crippen LogP contribution is -2.53. The number of hydrogen-bond acceptors (Lipinski definition) is 4. The van der Waals surface area contributed by atoms with Crippen LogP contribution in [0.3, 0.4) is 0 Å². The summed E-state index contributed by atoms with van der Waals surface area (Å²) >= 11 is 0. The second-order valence-corrected chi connectivity index (χ2v) is 8.29. The molecule has 0 aliphatic heterocycles. The smallest absolute Gasteiger partial charge is 0.351 e. The first-order valence-corrected chi connectivity index (χ1v) is 10.5. The van der Waals surface area contributed by atoms with Gasteiger partial charge in [-0.2, -0.15) is 0 Å². The van der Waals surface area contributed by atoms with Crippen molar-refractivity contribution in [1.29, 1.82) is 0 Å². The minimum atomic E-state index is -2.97. The molecule has 2 saturated carbocycles. The Morgan fingerprint density at radius 3 is 1.43 bits per heavy atom. The van der Waals surface area contributed by atoms with Gasteiger partial charge in [-0.05, 0) is 38.5 Å². The Morgan fingerprint density at radius 2 is 1.10 bits per heavy atom. The summed E-state index contributed by atoms with van der Waals surface area (Å²) in [5.41, 5.74) is 0. The van der Waals surface area contributed by atoms with Gasteiger partial charge in [-0.3, -0.25) is 0 Å². The van der Waals surface area contributed by atoms with Crippen LogP contribution >= 0.6 is 0 Å². The Morgan fingerprint density at radius 1 is 0.714 bits per heavy atom. The summed E-state index contributed by atoms with van der Waals surface area (Å²) in [7, 11) is -2.97. The van der Waals surface area contributed by atoms with Gasteiger partial charge in [0.1, 0.15) is 0 Å². The van der Waals surface area contributed by atoms with Crippen LogP contribution in [0.1, 0.15) is 78.1 Å². The summed E-state index contributed by atoms with van der Waals surface area (Å²) in [6.45, 7) is 5.55. The highest BCUT2D eigenvalue weighted by molar-refractivity contribution is 6.53. The molecule has 0 radical (unpaired) electrons. The van der Waals surface area contributed by atoms with E-state index < -0.39 is 9.05 Å². The molecule has 2 fully saturated rings. The van der Waals surface area contributed by atoms with Crippen LogP contribution in [0, 0.1) is 0 Å². The predicted molar refractivity (Wildman–Crippen MR) is 84.9 cm³/mol. The number of hydrogen-bond donors (Lipinski definition) is 0. The van der Waals surface area contributed by atoms with Gasteiger partial charge in [-0.25, -0.2) is 0 Å². The van der Waals surface area contributed by atoms with Crippen molar-refractivity contribution in [2.75, 3.05) is 13.2 Å². The highest BCUT2D eigenvalue weighted by Gasteiger charge is 2.50. The second-order valence-electron chi connectivity index (χ2n) is 6.25. The minimum absolute atomic E-state index is 0.270. The van der Waals surface area contributed by atoms with Gasteiger partial charge in [0.05, 0.1) is 12.2 Å².